The van der Waals surface area contributed by atoms with Crippen LogP contribution in [0.15, 0.2) is 21.4 Å². The quantitative estimate of drug-likeness (QED) is 0.676. The number of ketones is 2. The lowest BCUT2D eigenvalue weighted by Gasteiger charge is -2.23. The van der Waals surface area contributed by atoms with Crippen molar-refractivity contribution in [2.24, 2.45) is 10.1 Å². The molecule has 2 aliphatic rings. The second-order valence-corrected chi connectivity index (χ2v) is 4.33. The van der Waals surface area contributed by atoms with Gasteiger partial charge in [0, 0.05) is 25.1 Å². The van der Waals surface area contributed by atoms with Gasteiger partial charge in [-0.25, -0.2) is 5.01 Å². The molecule has 1 unspecified atom stereocenters. The molecule has 2 aliphatic heterocycles. The zero-order valence-corrected chi connectivity index (χ0v) is 10.6. The zero-order chi connectivity index (χ0) is 13.6. The highest BCUT2D eigenvalue weighted by molar-refractivity contribution is 6.51. The standard InChI is InChI=1S/C12H13N3O3/c1-5-9-10(7(3)16)14-15(8(4)17)11(9)12(18)6(2)13-5/h11H,1-4H3. The number of fused-ring (bicyclic) bond motifs is 1. The summed E-state index contributed by atoms with van der Waals surface area (Å²) in [6.45, 7) is 5.97. The molecule has 6 heteroatoms. The van der Waals surface area contributed by atoms with Gasteiger partial charge in [0.15, 0.2) is 5.78 Å². The second kappa shape index (κ2) is 3.97. The van der Waals surface area contributed by atoms with Crippen LogP contribution in [0.1, 0.15) is 27.7 Å². The Labute approximate surface area is 104 Å². The van der Waals surface area contributed by atoms with Crippen molar-refractivity contribution in [1.82, 2.24) is 5.01 Å². The van der Waals surface area contributed by atoms with Crippen LogP contribution < -0.4 is 0 Å². The number of nitrogens with zero attached hydrogens (tertiary/aromatic N) is 3. The highest BCUT2D eigenvalue weighted by Crippen LogP contribution is 2.29. The number of rotatable bonds is 1. The molecule has 2 rings (SSSR count). The maximum Gasteiger partial charge on any atom is 0.240 e. The van der Waals surface area contributed by atoms with E-state index >= 15 is 0 Å². The monoisotopic (exact) mass is 247 g/mol. The lowest BCUT2D eigenvalue weighted by Crippen LogP contribution is -2.43. The van der Waals surface area contributed by atoms with Gasteiger partial charge in [-0.2, -0.15) is 5.10 Å². The number of Topliss-reactive ketones (excluding diaryl/α,β-unsaturated/α-hetero) is 2. The first-order chi connectivity index (χ1) is 8.34. The van der Waals surface area contributed by atoms with Crippen LogP contribution in [0.25, 0.3) is 0 Å². The number of hydrazone groups is 1. The minimum atomic E-state index is -0.820. The largest absolute Gasteiger partial charge is 0.293 e. The molecule has 0 N–H and O–H groups in total. The summed E-state index contributed by atoms with van der Waals surface area (Å²) >= 11 is 0. The van der Waals surface area contributed by atoms with Crippen molar-refractivity contribution < 1.29 is 14.4 Å². The first kappa shape index (κ1) is 12.3. The van der Waals surface area contributed by atoms with E-state index in [4.69, 9.17) is 0 Å². The lowest BCUT2D eigenvalue weighted by atomic mass is 9.91. The van der Waals surface area contributed by atoms with Gasteiger partial charge in [0.1, 0.15) is 11.8 Å². The van der Waals surface area contributed by atoms with E-state index in [0.717, 1.165) is 5.01 Å². The van der Waals surface area contributed by atoms with Gasteiger partial charge in [-0.05, 0) is 13.8 Å². The van der Waals surface area contributed by atoms with Crippen LogP contribution in [-0.4, -0.2) is 39.9 Å². The molecule has 1 amide bonds. The van der Waals surface area contributed by atoms with Crippen LogP contribution in [0.4, 0.5) is 0 Å². The average molecular weight is 247 g/mol. The first-order valence-electron chi connectivity index (χ1n) is 5.54. The van der Waals surface area contributed by atoms with Crippen molar-refractivity contribution in [3.8, 4) is 0 Å². The van der Waals surface area contributed by atoms with Gasteiger partial charge < -0.3 is 0 Å². The number of carbonyl (C=O) groups excluding carboxylic acids is 3. The van der Waals surface area contributed by atoms with Crippen LogP contribution in [0.3, 0.4) is 0 Å². The second-order valence-electron chi connectivity index (χ2n) is 4.33. The van der Waals surface area contributed by atoms with E-state index < -0.39 is 6.04 Å². The maximum absolute atomic E-state index is 12.1. The molecule has 1 atom stereocenters. The minimum absolute atomic E-state index is 0.150. The summed E-state index contributed by atoms with van der Waals surface area (Å²) < 4.78 is 0. The van der Waals surface area contributed by atoms with E-state index in [2.05, 4.69) is 10.1 Å². The summed E-state index contributed by atoms with van der Waals surface area (Å²) in [5.74, 6) is -0.934. The van der Waals surface area contributed by atoms with Crippen molar-refractivity contribution in [3.05, 3.63) is 11.3 Å². The van der Waals surface area contributed by atoms with E-state index in [0.29, 0.717) is 17.0 Å². The Morgan fingerprint density at radius 3 is 2.33 bits per heavy atom. The molecule has 2 heterocycles. The molecule has 0 fully saturated rings. The first-order valence-corrected chi connectivity index (χ1v) is 5.54. The summed E-state index contributed by atoms with van der Waals surface area (Å²) in [4.78, 5) is 39.3. The van der Waals surface area contributed by atoms with Crippen molar-refractivity contribution >= 4 is 28.9 Å². The van der Waals surface area contributed by atoms with E-state index in [9.17, 15) is 14.4 Å². The number of hydrogen-bond donors (Lipinski definition) is 0. The van der Waals surface area contributed by atoms with Crippen LogP contribution in [0, 0.1) is 0 Å². The molecule has 0 radical (unpaired) electrons. The van der Waals surface area contributed by atoms with Gasteiger partial charge in [-0.1, -0.05) is 0 Å². The minimum Gasteiger partial charge on any atom is -0.293 e. The zero-order valence-electron chi connectivity index (χ0n) is 10.6. The molecule has 0 saturated heterocycles. The van der Waals surface area contributed by atoms with Crippen molar-refractivity contribution in [2.75, 3.05) is 0 Å². The van der Waals surface area contributed by atoms with Crippen LogP contribution in [0.2, 0.25) is 0 Å². The predicted molar refractivity (Wildman–Crippen MR) is 65.2 cm³/mol. The van der Waals surface area contributed by atoms with E-state index in [-0.39, 0.29) is 23.2 Å². The maximum atomic E-state index is 12.1. The number of carbonyl (C=O) groups is 3. The topological polar surface area (TPSA) is 79.2 Å². The fraction of sp³-hybridized carbons (Fsp3) is 0.417. The molecule has 0 aromatic heterocycles. The molecular formula is C12H13N3O3. The molecule has 6 nitrogen and oxygen atoms in total. The third kappa shape index (κ3) is 1.61. The van der Waals surface area contributed by atoms with Gasteiger partial charge in [0.25, 0.3) is 0 Å². The Kier molecular flexibility index (Phi) is 2.73. The molecule has 94 valence electrons. The molecule has 0 bridgehead atoms. The Morgan fingerprint density at radius 1 is 1.22 bits per heavy atom. The molecule has 0 saturated carbocycles. The van der Waals surface area contributed by atoms with Gasteiger partial charge in [-0.15, -0.1) is 0 Å². The molecule has 0 aromatic carbocycles. The molecular weight excluding hydrogens is 234 g/mol. The van der Waals surface area contributed by atoms with Crippen LogP contribution in [-0.2, 0) is 14.4 Å². The number of amides is 1. The summed E-state index contributed by atoms with van der Waals surface area (Å²) in [5, 5.41) is 5.03. The smallest absolute Gasteiger partial charge is 0.240 e. The molecule has 0 aromatic rings. The Morgan fingerprint density at radius 2 is 1.83 bits per heavy atom. The number of hydrogen-bond acceptors (Lipinski definition) is 5. The summed E-state index contributed by atoms with van der Waals surface area (Å²) in [5.41, 5.74) is 1.49. The highest BCUT2D eigenvalue weighted by atomic mass is 16.2. The van der Waals surface area contributed by atoms with Crippen LogP contribution in [0.5, 0.6) is 0 Å². The Hall–Kier alpha value is -2.11. The molecule has 0 aliphatic carbocycles. The third-order valence-corrected chi connectivity index (χ3v) is 2.97. The molecule has 0 spiro atoms. The van der Waals surface area contributed by atoms with Gasteiger partial charge in [-0.3, -0.25) is 19.4 Å². The predicted octanol–water partition coefficient (Wildman–Crippen LogP) is 0.480. The van der Waals surface area contributed by atoms with Gasteiger partial charge in [0.05, 0.1) is 5.71 Å². The molecule has 18 heavy (non-hydrogen) atoms. The summed E-state index contributed by atoms with van der Waals surface area (Å²) in [6.07, 6.45) is 0. The Bertz CT molecular complexity index is 569. The normalized spacial score (nSPS) is 22.8. The van der Waals surface area contributed by atoms with E-state index in [1.54, 1.807) is 13.8 Å². The fourth-order valence-corrected chi connectivity index (χ4v) is 2.16. The Balaban J connectivity index is 2.64. The third-order valence-electron chi connectivity index (χ3n) is 2.97. The van der Waals surface area contributed by atoms with E-state index in [1.165, 1.54) is 13.8 Å². The number of allylic oxidation sites excluding steroid dienone is 1. The fourth-order valence-electron chi connectivity index (χ4n) is 2.16. The SMILES string of the molecule is CC(=O)C1=NN(C(C)=O)C2C(=O)C(C)=NC(C)=C12. The van der Waals surface area contributed by atoms with E-state index in [1.807, 2.05) is 0 Å². The summed E-state index contributed by atoms with van der Waals surface area (Å²) in [6, 6.07) is -0.820. The summed E-state index contributed by atoms with van der Waals surface area (Å²) in [7, 11) is 0. The lowest BCUT2D eigenvalue weighted by molar-refractivity contribution is -0.133. The van der Waals surface area contributed by atoms with Crippen LogP contribution >= 0.6 is 0 Å². The van der Waals surface area contributed by atoms with Crippen molar-refractivity contribution in [1.29, 1.82) is 0 Å². The van der Waals surface area contributed by atoms with Crippen molar-refractivity contribution in [3.63, 3.8) is 0 Å². The van der Waals surface area contributed by atoms with Gasteiger partial charge in [0.2, 0.25) is 11.7 Å². The highest BCUT2D eigenvalue weighted by Gasteiger charge is 2.44. The average Bonchev–Trinajstić information content (AvgIpc) is 2.66. The number of aliphatic imine (C=N–C) groups is 1. The van der Waals surface area contributed by atoms with Crippen molar-refractivity contribution in [2.45, 2.75) is 33.7 Å². The van der Waals surface area contributed by atoms with Gasteiger partial charge >= 0.3 is 0 Å².